The number of pyridine rings is 1. The van der Waals surface area contributed by atoms with E-state index in [0.717, 1.165) is 5.56 Å². The number of para-hydroxylation sites is 2. The topological polar surface area (TPSA) is 60.2 Å². The van der Waals surface area contributed by atoms with Crippen LogP contribution in [-0.4, -0.2) is 11.3 Å². The molecule has 0 aliphatic carbocycles. The molecule has 7 heteroatoms. The summed E-state index contributed by atoms with van der Waals surface area (Å²) in [5, 5.41) is 2.74. The second-order valence-electron chi connectivity index (χ2n) is 4.06. The number of hydrogen-bond donors (Lipinski definition) is 2. The molecule has 20 heavy (non-hydrogen) atoms. The summed E-state index contributed by atoms with van der Waals surface area (Å²) in [6.07, 6.45) is -3.25. The highest BCUT2D eigenvalue weighted by Crippen LogP contribution is 2.33. The Balaban J connectivity index is 2.32. The fourth-order valence-corrected chi connectivity index (χ4v) is 1.58. The maximum absolute atomic E-state index is 12.3. The monoisotopic (exact) mass is 283 g/mol. The second-order valence-corrected chi connectivity index (χ2v) is 4.06. The zero-order valence-electron chi connectivity index (χ0n) is 10.5. The van der Waals surface area contributed by atoms with Crippen LogP contribution in [0.4, 0.5) is 30.4 Å². The molecule has 0 saturated carbocycles. The van der Waals surface area contributed by atoms with Crippen molar-refractivity contribution in [2.75, 3.05) is 11.1 Å². The Morgan fingerprint density at radius 1 is 1.20 bits per heavy atom. The number of ether oxygens (including phenoxy) is 1. The van der Waals surface area contributed by atoms with Crippen molar-refractivity contribution in [3.05, 3.63) is 42.1 Å². The highest BCUT2D eigenvalue weighted by molar-refractivity contribution is 5.73. The van der Waals surface area contributed by atoms with Crippen molar-refractivity contribution < 1.29 is 17.9 Å². The number of nitrogens with zero attached hydrogens (tertiary/aromatic N) is 1. The predicted molar refractivity (Wildman–Crippen MR) is 69.8 cm³/mol. The van der Waals surface area contributed by atoms with E-state index in [1.165, 1.54) is 24.4 Å². The van der Waals surface area contributed by atoms with Gasteiger partial charge in [-0.1, -0.05) is 12.1 Å². The average molecular weight is 283 g/mol. The van der Waals surface area contributed by atoms with Gasteiger partial charge in [0.25, 0.3) is 0 Å². The fraction of sp³-hybridized carbons (Fsp3) is 0.154. The number of benzene rings is 1. The number of rotatable bonds is 3. The number of nitrogen functional groups attached to an aromatic ring is 1. The van der Waals surface area contributed by atoms with Crippen LogP contribution in [0, 0.1) is 6.92 Å². The van der Waals surface area contributed by atoms with Gasteiger partial charge in [-0.3, -0.25) is 0 Å². The number of hydrogen-bond acceptors (Lipinski definition) is 4. The number of aryl methyl sites for hydroxylation is 1. The molecule has 1 aromatic carbocycles. The Hall–Kier alpha value is -2.44. The van der Waals surface area contributed by atoms with E-state index in [-0.39, 0.29) is 17.3 Å². The molecule has 0 unspecified atom stereocenters. The molecule has 0 fully saturated rings. The zero-order chi connectivity index (χ0) is 14.8. The first-order chi connectivity index (χ1) is 9.37. The third-order valence-electron chi connectivity index (χ3n) is 2.57. The van der Waals surface area contributed by atoms with Gasteiger partial charge in [-0.2, -0.15) is 0 Å². The quantitative estimate of drug-likeness (QED) is 0.903. The van der Waals surface area contributed by atoms with Crippen molar-refractivity contribution in [1.29, 1.82) is 0 Å². The summed E-state index contributed by atoms with van der Waals surface area (Å²) in [5.41, 5.74) is 7.10. The summed E-state index contributed by atoms with van der Waals surface area (Å²) in [6, 6.07) is 7.39. The van der Waals surface area contributed by atoms with Crippen LogP contribution in [0.25, 0.3) is 0 Å². The van der Waals surface area contributed by atoms with E-state index in [0.29, 0.717) is 5.69 Å². The van der Waals surface area contributed by atoms with Crippen molar-refractivity contribution in [2.24, 2.45) is 0 Å². The lowest BCUT2D eigenvalue weighted by molar-refractivity contribution is -0.274. The molecule has 0 aliphatic rings. The molecule has 0 spiro atoms. The molecule has 0 saturated heterocycles. The molecule has 0 aliphatic heterocycles. The van der Waals surface area contributed by atoms with Gasteiger partial charge in [-0.05, 0) is 30.7 Å². The van der Waals surface area contributed by atoms with E-state index in [2.05, 4.69) is 15.0 Å². The Kier molecular flexibility index (Phi) is 3.69. The van der Waals surface area contributed by atoms with Crippen molar-refractivity contribution in [3.8, 4) is 5.75 Å². The van der Waals surface area contributed by atoms with Crippen molar-refractivity contribution >= 4 is 17.2 Å². The lowest BCUT2D eigenvalue weighted by Crippen LogP contribution is -2.18. The minimum absolute atomic E-state index is 0.134. The van der Waals surface area contributed by atoms with Crippen LogP contribution in [0.5, 0.6) is 5.75 Å². The van der Waals surface area contributed by atoms with Gasteiger partial charge >= 0.3 is 6.36 Å². The highest BCUT2D eigenvalue weighted by atomic mass is 19.4. The first kappa shape index (κ1) is 14.0. The van der Waals surface area contributed by atoms with Crippen LogP contribution < -0.4 is 15.8 Å². The van der Waals surface area contributed by atoms with Gasteiger partial charge in [0.15, 0.2) is 11.6 Å². The molecule has 0 atom stereocenters. The Morgan fingerprint density at radius 2 is 1.90 bits per heavy atom. The van der Waals surface area contributed by atoms with Crippen LogP contribution in [-0.2, 0) is 0 Å². The van der Waals surface area contributed by atoms with E-state index in [1.54, 1.807) is 19.1 Å². The van der Waals surface area contributed by atoms with Gasteiger partial charge in [-0.25, -0.2) is 4.98 Å². The van der Waals surface area contributed by atoms with E-state index in [9.17, 15) is 13.2 Å². The number of anilines is 3. The molecule has 0 radical (unpaired) electrons. The molecule has 1 aromatic heterocycles. The van der Waals surface area contributed by atoms with Crippen molar-refractivity contribution in [3.63, 3.8) is 0 Å². The molecule has 3 N–H and O–H groups in total. The summed E-state index contributed by atoms with van der Waals surface area (Å²) in [5.74, 6) is -0.0640. The summed E-state index contributed by atoms with van der Waals surface area (Å²) in [4.78, 5) is 4.00. The van der Waals surface area contributed by atoms with E-state index in [1.807, 2.05) is 0 Å². The number of aromatic nitrogens is 1. The number of nitrogens with two attached hydrogens (primary N) is 1. The number of alkyl halides is 3. The minimum atomic E-state index is -4.76. The maximum atomic E-state index is 12.3. The van der Waals surface area contributed by atoms with Crippen molar-refractivity contribution in [1.82, 2.24) is 4.98 Å². The number of nitrogens with one attached hydrogen (secondary N) is 1. The van der Waals surface area contributed by atoms with Gasteiger partial charge in [0, 0.05) is 6.20 Å². The molecule has 0 bridgehead atoms. The van der Waals surface area contributed by atoms with Crippen LogP contribution in [0.3, 0.4) is 0 Å². The first-order valence-electron chi connectivity index (χ1n) is 5.70. The minimum Gasteiger partial charge on any atom is -0.404 e. The lowest BCUT2D eigenvalue weighted by atomic mass is 10.2. The fourth-order valence-electron chi connectivity index (χ4n) is 1.58. The molecule has 0 amide bonds. The normalized spacial score (nSPS) is 11.2. The molecular formula is C13H12F3N3O. The third-order valence-corrected chi connectivity index (χ3v) is 2.57. The average Bonchev–Trinajstić information content (AvgIpc) is 2.35. The molecular weight excluding hydrogens is 271 g/mol. The van der Waals surface area contributed by atoms with Gasteiger partial charge < -0.3 is 15.8 Å². The van der Waals surface area contributed by atoms with E-state index < -0.39 is 6.36 Å². The Bertz CT molecular complexity index is 614. The van der Waals surface area contributed by atoms with Crippen molar-refractivity contribution in [2.45, 2.75) is 13.3 Å². The molecule has 4 nitrogen and oxygen atoms in total. The summed E-state index contributed by atoms with van der Waals surface area (Å²) in [6.45, 7) is 1.78. The summed E-state index contributed by atoms with van der Waals surface area (Å²) in [7, 11) is 0. The first-order valence-corrected chi connectivity index (χ1v) is 5.70. The van der Waals surface area contributed by atoms with Gasteiger partial charge in [0.05, 0.1) is 11.4 Å². The zero-order valence-corrected chi connectivity index (χ0v) is 10.5. The lowest BCUT2D eigenvalue weighted by Gasteiger charge is -2.15. The van der Waals surface area contributed by atoms with Crippen LogP contribution in [0.2, 0.25) is 0 Å². The van der Waals surface area contributed by atoms with Gasteiger partial charge in [0.2, 0.25) is 0 Å². The molecule has 2 rings (SSSR count). The second kappa shape index (κ2) is 5.28. The largest absolute Gasteiger partial charge is 0.573 e. The van der Waals surface area contributed by atoms with Crippen LogP contribution in [0.15, 0.2) is 36.5 Å². The summed E-state index contributed by atoms with van der Waals surface area (Å²) < 4.78 is 40.9. The van der Waals surface area contributed by atoms with Crippen LogP contribution >= 0.6 is 0 Å². The molecule has 2 aromatic rings. The maximum Gasteiger partial charge on any atom is 0.573 e. The predicted octanol–water partition coefficient (Wildman–Crippen LogP) is 3.61. The molecule has 106 valence electrons. The van der Waals surface area contributed by atoms with E-state index in [4.69, 9.17) is 5.73 Å². The molecule has 1 heterocycles. The van der Waals surface area contributed by atoms with Crippen LogP contribution in [0.1, 0.15) is 5.56 Å². The van der Waals surface area contributed by atoms with E-state index >= 15 is 0 Å². The van der Waals surface area contributed by atoms with Gasteiger partial charge in [-0.15, -0.1) is 13.2 Å². The smallest absolute Gasteiger partial charge is 0.404 e. The Morgan fingerprint density at radius 3 is 2.60 bits per heavy atom. The third kappa shape index (κ3) is 3.31. The Labute approximate surface area is 113 Å². The SMILES string of the molecule is Cc1ccnc(Nc2ccccc2OC(F)(F)F)c1N. The summed E-state index contributed by atoms with van der Waals surface area (Å²) >= 11 is 0. The standard InChI is InChI=1S/C13H12F3N3O/c1-8-6-7-18-12(11(8)17)19-9-4-2-3-5-10(9)20-13(14,15)16/h2-7H,17H2,1H3,(H,18,19). The van der Waals surface area contributed by atoms with Gasteiger partial charge in [0.1, 0.15) is 0 Å². The highest BCUT2D eigenvalue weighted by Gasteiger charge is 2.32. The number of halogens is 3.